The summed E-state index contributed by atoms with van der Waals surface area (Å²) in [4.78, 5) is 24.6. The molecular weight excluding hydrogens is 466 g/mol. The second-order valence-corrected chi connectivity index (χ2v) is 12.1. The van der Waals surface area contributed by atoms with Crippen molar-refractivity contribution >= 4 is 11.9 Å². The van der Waals surface area contributed by atoms with Crippen LogP contribution in [0.1, 0.15) is 91.0 Å². The molecule has 2 N–H and O–H groups in total. The number of esters is 1. The minimum atomic E-state index is -1.07. The Morgan fingerprint density at radius 2 is 1.38 bits per heavy atom. The van der Waals surface area contributed by atoms with Crippen molar-refractivity contribution in [3.63, 3.8) is 0 Å². The molecule has 2 aromatic rings. The third kappa shape index (κ3) is 8.80. The summed E-state index contributed by atoms with van der Waals surface area (Å²) in [6.45, 7) is 18.5. The summed E-state index contributed by atoms with van der Waals surface area (Å²) in [7, 11) is 0. The van der Waals surface area contributed by atoms with E-state index >= 15 is 0 Å². The normalized spacial score (nSPS) is 12.2. The van der Waals surface area contributed by atoms with E-state index in [4.69, 9.17) is 9.47 Å². The number of amides is 1. The van der Waals surface area contributed by atoms with Gasteiger partial charge in [0.1, 0.15) is 11.5 Å². The second kappa shape index (κ2) is 12.0. The third-order valence-corrected chi connectivity index (χ3v) is 6.23. The lowest BCUT2D eigenvalue weighted by atomic mass is 9.78. The Kier molecular flexibility index (Phi) is 9.81. The average molecular weight is 512 g/mol. The molecule has 1 amide bonds. The third-order valence-electron chi connectivity index (χ3n) is 6.23. The molecule has 0 saturated heterocycles. The number of aryl methyl sites for hydroxylation is 1. The second-order valence-electron chi connectivity index (χ2n) is 12.1. The van der Waals surface area contributed by atoms with Crippen molar-refractivity contribution in [2.45, 2.75) is 98.0 Å². The molecular formula is C31H45NO5. The van der Waals surface area contributed by atoms with Crippen LogP contribution in [-0.2, 0) is 38.0 Å². The molecule has 0 saturated carbocycles. The van der Waals surface area contributed by atoms with Crippen molar-refractivity contribution in [1.29, 1.82) is 0 Å². The van der Waals surface area contributed by atoms with E-state index < -0.39 is 11.6 Å². The molecule has 0 atom stereocenters. The summed E-state index contributed by atoms with van der Waals surface area (Å²) < 4.78 is 10.9. The first-order chi connectivity index (χ1) is 17.0. The Balaban J connectivity index is 1.92. The van der Waals surface area contributed by atoms with Crippen LogP contribution in [-0.4, -0.2) is 35.7 Å². The van der Waals surface area contributed by atoms with Crippen LogP contribution in [0.3, 0.4) is 0 Å². The zero-order valence-corrected chi connectivity index (χ0v) is 24.1. The smallest absolute Gasteiger partial charge is 0.349 e. The van der Waals surface area contributed by atoms with Crippen LogP contribution in [0.2, 0.25) is 0 Å². The zero-order valence-electron chi connectivity index (χ0n) is 24.1. The fraction of sp³-hybridized carbons (Fsp3) is 0.548. The van der Waals surface area contributed by atoms with E-state index in [0.717, 1.165) is 22.3 Å². The highest BCUT2D eigenvalue weighted by atomic mass is 16.6. The van der Waals surface area contributed by atoms with Crippen LogP contribution in [0.5, 0.6) is 11.5 Å². The van der Waals surface area contributed by atoms with Crippen LogP contribution < -0.4 is 10.1 Å². The Labute approximate surface area is 222 Å². The van der Waals surface area contributed by atoms with Gasteiger partial charge in [0, 0.05) is 13.0 Å². The van der Waals surface area contributed by atoms with Gasteiger partial charge < -0.3 is 19.9 Å². The number of phenols is 1. The lowest BCUT2D eigenvalue weighted by Crippen LogP contribution is -2.39. The summed E-state index contributed by atoms with van der Waals surface area (Å²) >= 11 is 0. The van der Waals surface area contributed by atoms with E-state index in [2.05, 4.69) is 46.9 Å². The van der Waals surface area contributed by atoms with Crippen LogP contribution in [0.25, 0.3) is 0 Å². The minimum absolute atomic E-state index is 0.00108. The molecule has 2 aromatic carbocycles. The van der Waals surface area contributed by atoms with Crippen molar-refractivity contribution in [2.75, 3.05) is 13.2 Å². The number of rotatable bonds is 10. The number of ether oxygens (including phenoxy) is 2. The largest absolute Gasteiger partial charge is 0.507 e. The van der Waals surface area contributed by atoms with Crippen molar-refractivity contribution in [1.82, 2.24) is 5.32 Å². The fourth-order valence-corrected chi connectivity index (χ4v) is 4.04. The summed E-state index contributed by atoms with van der Waals surface area (Å²) in [5.74, 6) is 0.537. The highest BCUT2D eigenvalue weighted by Gasteiger charge is 2.31. The number of hydrogen-bond acceptors (Lipinski definition) is 5. The topological polar surface area (TPSA) is 84.9 Å². The van der Waals surface area contributed by atoms with Gasteiger partial charge >= 0.3 is 5.97 Å². The summed E-state index contributed by atoms with van der Waals surface area (Å²) in [6.07, 6.45) is 1.68. The predicted molar refractivity (Wildman–Crippen MR) is 148 cm³/mol. The molecule has 0 bridgehead atoms. The molecule has 37 heavy (non-hydrogen) atoms. The first-order valence-electron chi connectivity index (χ1n) is 13.1. The van der Waals surface area contributed by atoms with E-state index in [1.165, 1.54) is 0 Å². The zero-order chi connectivity index (χ0) is 28.0. The Hall–Kier alpha value is -3.02. The molecule has 0 heterocycles. The van der Waals surface area contributed by atoms with Crippen LogP contribution in [0.15, 0.2) is 36.4 Å². The highest BCUT2D eigenvalue weighted by molar-refractivity contribution is 5.79. The monoisotopic (exact) mass is 511 g/mol. The lowest BCUT2D eigenvalue weighted by Gasteiger charge is -2.28. The van der Waals surface area contributed by atoms with Crippen molar-refractivity contribution in [2.24, 2.45) is 0 Å². The maximum Gasteiger partial charge on any atom is 0.349 e. The number of carbonyl (C=O) groups is 2. The molecule has 0 aliphatic rings. The fourth-order valence-electron chi connectivity index (χ4n) is 4.04. The molecule has 0 unspecified atom stereocenters. The van der Waals surface area contributed by atoms with E-state index in [1.807, 2.05) is 36.4 Å². The molecule has 6 nitrogen and oxygen atoms in total. The van der Waals surface area contributed by atoms with Gasteiger partial charge in [-0.15, -0.1) is 0 Å². The Morgan fingerprint density at radius 1 is 0.838 bits per heavy atom. The van der Waals surface area contributed by atoms with Crippen molar-refractivity contribution in [3.8, 4) is 11.5 Å². The summed E-state index contributed by atoms with van der Waals surface area (Å²) in [5.41, 5.74) is 2.48. The molecule has 6 heteroatoms. The van der Waals surface area contributed by atoms with Crippen molar-refractivity contribution < 1.29 is 24.2 Å². The number of benzene rings is 2. The number of nitrogens with one attached hydrogen (secondary N) is 1. The van der Waals surface area contributed by atoms with Gasteiger partial charge in [0.05, 0.1) is 6.61 Å². The SMILES string of the molecule is CCOC(=O)C(C)(C)Oc1ccc(CCNC(=O)CCc2cc(C(C)(C)C)c(O)c(C(C)(C)C)c2)cc1. The molecule has 204 valence electrons. The predicted octanol–water partition coefficient (Wildman–Crippen LogP) is 6.00. The number of carbonyl (C=O) groups excluding carboxylic acids is 2. The van der Waals surface area contributed by atoms with Gasteiger partial charge in [-0.2, -0.15) is 0 Å². The number of phenolic OH excluding ortho intramolecular Hbond substituents is 1. The van der Waals surface area contributed by atoms with E-state index in [-0.39, 0.29) is 16.7 Å². The minimum Gasteiger partial charge on any atom is -0.507 e. The molecule has 0 radical (unpaired) electrons. The molecule has 2 rings (SSSR count). The maximum atomic E-state index is 12.5. The molecule has 0 spiro atoms. The van der Waals surface area contributed by atoms with E-state index in [0.29, 0.717) is 43.9 Å². The van der Waals surface area contributed by atoms with Crippen LogP contribution >= 0.6 is 0 Å². The number of aromatic hydroxyl groups is 1. The Morgan fingerprint density at radius 3 is 1.86 bits per heavy atom. The van der Waals surface area contributed by atoms with Gasteiger partial charge in [-0.05, 0) is 78.8 Å². The van der Waals surface area contributed by atoms with E-state index in [9.17, 15) is 14.7 Å². The molecule has 0 aliphatic heterocycles. The van der Waals surface area contributed by atoms with Gasteiger partial charge in [0.2, 0.25) is 5.91 Å². The van der Waals surface area contributed by atoms with Gasteiger partial charge in [-0.25, -0.2) is 4.79 Å². The van der Waals surface area contributed by atoms with Gasteiger partial charge in [-0.1, -0.05) is 65.8 Å². The Bertz CT molecular complexity index is 1040. The van der Waals surface area contributed by atoms with Crippen LogP contribution in [0.4, 0.5) is 0 Å². The molecule has 0 aromatic heterocycles. The first-order valence-corrected chi connectivity index (χ1v) is 13.1. The van der Waals surface area contributed by atoms with E-state index in [1.54, 1.807) is 20.8 Å². The summed E-state index contributed by atoms with van der Waals surface area (Å²) in [5, 5.41) is 13.9. The van der Waals surface area contributed by atoms with Gasteiger partial charge in [0.15, 0.2) is 5.60 Å². The van der Waals surface area contributed by atoms with Gasteiger partial charge in [-0.3, -0.25) is 4.79 Å². The molecule has 0 aliphatic carbocycles. The lowest BCUT2D eigenvalue weighted by molar-refractivity contribution is -0.158. The van der Waals surface area contributed by atoms with Crippen molar-refractivity contribution in [3.05, 3.63) is 58.7 Å². The quantitative estimate of drug-likeness (QED) is 0.382. The average Bonchev–Trinajstić information content (AvgIpc) is 2.78. The number of hydrogen-bond donors (Lipinski definition) is 2. The summed E-state index contributed by atoms with van der Waals surface area (Å²) in [6, 6.07) is 11.6. The standard InChI is InChI=1S/C31H45NO5/c1-10-36-28(35)31(8,9)37-23-14-11-21(12-15-23)17-18-32-26(33)16-13-22-19-24(29(2,3)4)27(34)25(20-22)30(5,6)7/h11-12,14-15,19-20,34H,10,13,16-18H2,1-9H3,(H,32,33). The molecule has 0 fully saturated rings. The van der Waals surface area contributed by atoms with Crippen LogP contribution in [0, 0.1) is 0 Å². The highest BCUT2D eigenvalue weighted by Crippen LogP contribution is 2.40. The maximum absolute atomic E-state index is 12.5. The van der Waals surface area contributed by atoms with Gasteiger partial charge in [0.25, 0.3) is 0 Å². The first kappa shape index (κ1) is 30.2.